The monoisotopic (exact) mass is 347 g/mol. The minimum absolute atomic E-state index is 0.0135. The number of rotatable bonds is 5. The fraction of sp³-hybridized carbons (Fsp3) is 0.250. The predicted molar refractivity (Wildman–Crippen MR) is 89.0 cm³/mol. The standard InChI is InChI=1S/C16H17N3O4S/c20-19(21)14-4-6-15(7-5-14)24(22,23)18-11-13-3-1-2-12-10-17-9-8-16(12)13/h1-7,17-18H,8-11H2. The van der Waals surface area contributed by atoms with Crippen molar-refractivity contribution in [1.82, 2.24) is 10.0 Å². The molecule has 0 saturated heterocycles. The first-order valence-electron chi connectivity index (χ1n) is 7.52. The van der Waals surface area contributed by atoms with Crippen molar-refractivity contribution in [3.8, 4) is 0 Å². The fourth-order valence-electron chi connectivity index (χ4n) is 2.78. The Labute approximate surface area is 139 Å². The van der Waals surface area contributed by atoms with Crippen LogP contribution in [0.15, 0.2) is 47.4 Å². The van der Waals surface area contributed by atoms with Crippen LogP contribution in [0, 0.1) is 10.1 Å². The predicted octanol–water partition coefficient (Wildman–Crippen LogP) is 1.72. The number of sulfonamides is 1. The van der Waals surface area contributed by atoms with E-state index in [-0.39, 0.29) is 17.1 Å². The van der Waals surface area contributed by atoms with E-state index < -0.39 is 14.9 Å². The Balaban J connectivity index is 1.77. The maximum absolute atomic E-state index is 12.4. The third kappa shape index (κ3) is 3.45. The smallest absolute Gasteiger partial charge is 0.269 e. The zero-order valence-corrected chi connectivity index (χ0v) is 13.7. The number of benzene rings is 2. The summed E-state index contributed by atoms with van der Waals surface area (Å²) in [7, 11) is -3.72. The number of nitrogens with one attached hydrogen (secondary N) is 2. The van der Waals surface area contributed by atoms with Crippen LogP contribution in [0.1, 0.15) is 16.7 Å². The average Bonchev–Trinajstić information content (AvgIpc) is 2.60. The summed E-state index contributed by atoms with van der Waals surface area (Å²) in [6, 6.07) is 10.7. The van der Waals surface area contributed by atoms with E-state index in [9.17, 15) is 18.5 Å². The Morgan fingerprint density at radius 1 is 1.17 bits per heavy atom. The molecule has 2 aromatic carbocycles. The van der Waals surface area contributed by atoms with Gasteiger partial charge in [-0.25, -0.2) is 13.1 Å². The van der Waals surface area contributed by atoms with Crippen molar-refractivity contribution >= 4 is 15.7 Å². The number of fused-ring (bicyclic) bond motifs is 1. The first-order valence-corrected chi connectivity index (χ1v) is 9.00. The third-order valence-corrected chi connectivity index (χ3v) is 5.46. The number of hydrogen-bond donors (Lipinski definition) is 2. The van der Waals surface area contributed by atoms with Gasteiger partial charge in [0, 0.05) is 25.2 Å². The average molecular weight is 347 g/mol. The Hall–Kier alpha value is -2.29. The van der Waals surface area contributed by atoms with Crippen molar-refractivity contribution in [2.75, 3.05) is 6.54 Å². The summed E-state index contributed by atoms with van der Waals surface area (Å²) in [5, 5.41) is 13.9. The lowest BCUT2D eigenvalue weighted by molar-refractivity contribution is -0.384. The second-order valence-electron chi connectivity index (χ2n) is 5.56. The second kappa shape index (κ2) is 6.68. The molecule has 0 amide bonds. The zero-order valence-electron chi connectivity index (χ0n) is 12.9. The van der Waals surface area contributed by atoms with Gasteiger partial charge in [-0.1, -0.05) is 18.2 Å². The molecule has 1 aliphatic heterocycles. The number of hydrogen-bond acceptors (Lipinski definition) is 5. The lowest BCUT2D eigenvalue weighted by atomic mass is 9.96. The van der Waals surface area contributed by atoms with Crippen LogP contribution in [0.2, 0.25) is 0 Å². The summed E-state index contributed by atoms with van der Waals surface area (Å²) < 4.78 is 27.3. The van der Waals surface area contributed by atoms with Gasteiger partial charge in [0.2, 0.25) is 10.0 Å². The molecule has 1 heterocycles. The van der Waals surface area contributed by atoms with Gasteiger partial charge in [0.15, 0.2) is 0 Å². The summed E-state index contributed by atoms with van der Waals surface area (Å²) >= 11 is 0. The van der Waals surface area contributed by atoms with E-state index in [0.717, 1.165) is 25.1 Å². The molecule has 0 aliphatic carbocycles. The van der Waals surface area contributed by atoms with E-state index in [1.807, 2.05) is 18.2 Å². The zero-order chi connectivity index (χ0) is 17.2. The van der Waals surface area contributed by atoms with Gasteiger partial charge in [-0.3, -0.25) is 10.1 Å². The van der Waals surface area contributed by atoms with Crippen LogP contribution < -0.4 is 10.0 Å². The quantitative estimate of drug-likeness (QED) is 0.633. The Bertz CT molecular complexity index is 863. The molecule has 2 aromatic rings. The molecular formula is C16H17N3O4S. The van der Waals surface area contributed by atoms with Gasteiger partial charge >= 0.3 is 0 Å². The summed E-state index contributed by atoms with van der Waals surface area (Å²) in [5.74, 6) is 0. The van der Waals surface area contributed by atoms with Gasteiger partial charge in [-0.05, 0) is 41.8 Å². The van der Waals surface area contributed by atoms with Crippen LogP contribution in [0.4, 0.5) is 5.69 Å². The highest BCUT2D eigenvalue weighted by atomic mass is 32.2. The van der Waals surface area contributed by atoms with Gasteiger partial charge < -0.3 is 5.32 Å². The van der Waals surface area contributed by atoms with Crippen LogP contribution in [0.3, 0.4) is 0 Å². The number of non-ortho nitro benzene ring substituents is 1. The van der Waals surface area contributed by atoms with Gasteiger partial charge in [-0.2, -0.15) is 0 Å². The molecule has 0 bridgehead atoms. The summed E-state index contributed by atoms with van der Waals surface area (Å²) in [6.45, 7) is 1.86. The van der Waals surface area contributed by atoms with E-state index in [2.05, 4.69) is 10.0 Å². The minimum atomic E-state index is -3.72. The largest absolute Gasteiger partial charge is 0.312 e. The van der Waals surface area contributed by atoms with E-state index >= 15 is 0 Å². The molecule has 24 heavy (non-hydrogen) atoms. The van der Waals surface area contributed by atoms with Crippen LogP contribution in [0.25, 0.3) is 0 Å². The Kier molecular flexibility index (Phi) is 4.61. The first kappa shape index (κ1) is 16.6. The van der Waals surface area contributed by atoms with Crippen molar-refractivity contribution in [3.63, 3.8) is 0 Å². The molecule has 0 spiro atoms. The van der Waals surface area contributed by atoms with Gasteiger partial charge in [0.1, 0.15) is 0 Å². The SMILES string of the molecule is O=[N+]([O-])c1ccc(S(=O)(=O)NCc2cccc3c2CCNC3)cc1. The number of nitro groups is 1. The van der Waals surface area contributed by atoms with E-state index in [1.54, 1.807) is 0 Å². The van der Waals surface area contributed by atoms with Crippen molar-refractivity contribution in [2.24, 2.45) is 0 Å². The van der Waals surface area contributed by atoms with Crippen molar-refractivity contribution in [2.45, 2.75) is 24.4 Å². The molecule has 126 valence electrons. The molecule has 0 unspecified atom stereocenters. The molecule has 0 atom stereocenters. The summed E-state index contributed by atoms with van der Waals surface area (Å²) in [4.78, 5) is 10.1. The highest BCUT2D eigenvalue weighted by Crippen LogP contribution is 2.20. The van der Waals surface area contributed by atoms with Gasteiger partial charge in [-0.15, -0.1) is 0 Å². The topological polar surface area (TPSA) is 101 Å². The summed E-state index contributed by atoms with van der Waals surface area (Å²) in [6.07, 6.45) is 0.866. The highest BCUT2D eigenvalue weighted by Gasteiger charge is 2.18. The Morgan fingerprint density at radius 2 is 1.92 bits per heavy atom. The molecular weight excluding hydrogens is 330 g/mol. The molecule has 8 heteroatoms. The van der Waals surface area contributed by atoms with E-state index in [0.29, 0.717) is 0 Å². The molecule has 0 radical (unpaired) electrons. The highest BCUT2D eigenvalue weighted by molar-refractivity contribution is 7.89. The summed E-state index contributed by atoms with van der Waals surface area (Å²) in [5.41, 5.74) is 3.19. The maximum Gasteiger partial charge on any atom is 0.269 e. The Morgan fingerprint density at radius 3 is 2.62 bits per heavy atom. The van der Waals surface area contributed by atoms with Crippen LogP contribution >= 0.6 is 0 Å². The number of nitro benzene ring substituents is 1. The van der Waals surface area contributed by atoms with Crippen molar-refractivity contribution in [3.05, 3.63) is 69.3 Å². The molecule has 2 N–H and O–H groups in total. The number of nitrogens with zero attached hydrogens (tertiary/aromatic N) is 1. The third-order valence-electron chi connectivity index (χ3n) is 4.05. The molecule has 0 fully saturated rings. The molecule has 0 aromatic heterocycles. The first-order chi connectivity index (χ1) is 11.5. The van der Waals surface area contributed by atoms with Crippen LogP contribution in [0.5, 0.6) is 0 Å². The van der Waals surface area contributed by atoms with Crippen LogP contribution in [-0.4, -0.2) is 19.9 Å². The molecule has 0 saturated carbocycles. The molecule has 7 nitrogen and oxygen atoms in total. The van der Waals surface area contributed by atoms with Gasteiger partial charge in [0.25, 0.3) is 5.69 Å². The lowest BCUT2D eigenvalue weighted by Crippen LogP contribution is -2.27. The lowest BCUT2D eigenvalue weighted by Gasteiger charge is -2.20. The van der Waals surface area contributed by atoms with E-state index in [1.165, 1.54) is 35.4 Å². The second-order valence-corrected chi connectivity index (χ2v) is 7.32. The van der Waals surface area contributed by atoms with Crippen molar-refractivity contribution < 1.29 is 13.3 Å². The van der Waals surface area contributed by atoms with E-state index in [4.69, 9.17) is 0 Å². The molecule has 1 aliphatic rings. The normalized spacial score (nSPS) is 14.2. The fourth-order valence-corrected chi connectivity index (χ4v) is 3.79. The van der Waals surface area contributed by atoms with Crippen LogP contribution in [-0.2, 0) is 29.5 Å². The van der Waals surface area contributed by atoms with Crippen molar-refractivity contribution in [1.29, 1.82) is 0 Å². The minimum Gasteiger partial charge on any atom is -0.312 e. The van der Waals surface area contributed by atoms with Gasteiger partial charge in [0.05, 0.1) is 9.82 Å². The maximum atomic E-state index is 12.4. The molecule has 3 rings (SSSR count).